The Labute approximate surface area is 128 Å². The van der Waals surface area contributed by atoms with Crippen LogP contribution in [0.1, 0.15) is 19.8 Å². The first kappa shape index (κ1) is 14.1. The molecule has 1 aromatic heterocycles. The number of hydrogen-bond donors (Lipinski definition) is 2. The molecule has 0 aliphatic heterocycles. The van der Waals surface area contributed by atoms with Gasteiger partial charge in [-0.1, -0.05) is 11.6 Å². The SMILES string of the molecule is CCN(c1ccnc(-c2cc(Cl)ccc2O)n1)C1(N)CC1. The number of aromatic hydroxyl groups is 1. The molecule has 0 amide bonds. The average Bonchev–Trinajstić information content (AvgIpc) is 3.21. The molecular formula is C15H17ClN4O. The van der Waals surface area contributed by atoms with Crippen LogP contribution in [0.4, 0.5) is 5.82 Å². The van der Waals surface area contributed by atoms with Crippen LogP contribution >= 0.6 is 11.6 Å². The van der Waals surface area contributed by atoms with Crippen molar-refractivity contribution in [2.24, 2.45) is 5.73 Å². The number of phenolic OH excluding ortho intramolecular Hbond substituents is 1. The van der Waals surface area contributed by atoms with Crippen LogP contribution in [0, 0.1) is 0 Å². The minimum Gasteiger partial charge on any atom is -0.507 e. The molecule has 5 nitrogen and oxygen atoms in total. The van der Waals surface area contributed by atoms with Crippen molar-refractivity contribution >= 4 is 17.4 Å². The average molecular weight is 305 g/mol. The summed E-state index contributed by atoms with van der Waals surface area (Å²) in [5, 5.41) is 10.5. The molecule has 0 bridgehead atoms. The van der Waals surface area contributed by atoms with Gasteiger partial charge in [0.1, 0.15) is 11.6 Å². The van der Waals surface area contributed by atoms with E-state index in [1.54, 1.807) is 18.3 Å². The molecule has 1 aliphatic rings. The van der Waals surface area contributed by atoms with Crippen molar-refractivity contribution in [2.45, 2.75) is 25.4 Å². The van der Waals surface area contributed by atoms with E-state index in [-0.39, 0.29) is 11.4 Å². The lowest BCUT2D eigenvalue weighted by atomic mass is 10.2. The highest BCUT2D eigenvalue weighted by molar-refractivity contribution is 6.30. The summed E-state index contributed by atoms with van der Waals surface area (Å²) >= 11 is 5.98. The summed E-state index contributed by atoms with van der Waals surface area (Å²) in [6.07, 6.45) is 3.59. The van der Waals surface area contributed by atoms with E-state index >= 15 is 0 Å². The standard InChI is InChI=1S/C15H17ClN4O/c1-2-20(15(17)6-7-15)13-5-8-18-14(19-13)11-9-10(16)3-4-12(11)21/h3-5,8-9,21H,2,6-7,17H2,1H3. The van der Waals surface area contributed by atoms with E-state index in [2.05, 4.69) is 14.9 Å². The van der Waals surface area contributed by atoms with E-state index in [0.717, 1.165) is 25.2 Å². The molecule has 110 valence electrons. The van der Waals surface area contributed by atoms with Gasteiger partial charge in [-0.15, -0.1) is 0 Å². The number of phenols is 1. The third-order valence-electron chi connectivity index (χ3n) is 3.73. The Hall–Kier alpha value is -1.85. The van der Waals surface area contributed by atoms with Gasteiger partial charge in [-0.3, -0.25) is 0 Å². The summed E-state index contributed by atoms with van der Waals surface area (Å²) in [5.41, 5.74) is 6.49. The quantitative estimate of drug-likeness (QED) is 0.850. The summed E-state index contributed by atoms with van der Waals surface area (Å²) in [5.74, 6) is 1.31. The molecule has 0 saturated heterocycles. The Kier molecular flexibility index (Phi) is 3.47. The van der Waals surface area contributed by atoms with Gasteiger partial charge in [0.05, 0.1) is 11.2 Å². The topological polar surface area (TPSA) is 75.3 Å². The Morgan fingerprint density at radius 3 is 2.81 bits per heavy atom. The van der Waals surface area contributed by atoms with E-state index in [0.29, 0.717) is 16.4 Å². The van der Waals surface area contributed by atoms with Crippen molar-refractivity contribution in [2.75, 3.05) is 11.4 Å². The van der Waals surface area contributed by atoms with Crippen LogP contribution in [0.2, 0.25) is 5.02 Å². The summed E-state index contributed by atoms with van der Waals surface area (Å²) < 4.78 is 0. The summed E-state index contributed by atoms with van der Waals surface area (Å²) in [4.78, 5) is 10.8. The molecule has 0 unspecified atom stereocenters. The van der Waals surface area contributed by atoms with Gasteiger partial charge in [-0.25, -0.2) is 9.97 Å². The van der Waals surface area contributed by atoms with Crippen LogP contribution in [0.3, 0.4) is 0 Å². The summed E-state index contributed by atoms with van der Waals surface area (Å²) in [6, 6.07) is 6.65. The second-order valence-corrected chi connectivity index (χ2v) is 5.68. The highest BCUT2D eigenvalue weighted by atomic mass is 35.5. The minimum absolute atomic E-state index is 0.105. The molecule has 1 saturated carbocycles. The van der Waals surface area contributed by atoms with Crippen LogP contribution in [0.25, 0.3) is 11.4 Å². The van der Waals surface area contributed by atoms with E-state index in [9.17, 15) is 5.11 Å². The number of nitrogens with zero attached hydrogens (tertiary/aromatic N) is 3. The Morgan fingerprint density at radius 2 is 2.14 bits per heavy atom. The lowest BCUT2D eigenvalue weighted by Gasteiger charge is -2.28. The summed E-state index contributed by atoms with van der Waals surface area (Å²) in [6.45, 7) is 2.82. The number of benzene rings is 1. The fourth-order valence-electron chi connectivity index (χ4n) is 2.42. The molecular weight excluding hydrogens is 288 g/mol. The van der Waals surface area contributed by atoms with Crippen LogP contribution in [0.5, 0.6) is 5.75 Å². The van der Waals surface area contributed by atoms with Crippen LogP contribution in [-0.4, -0.2) is 27.3 Å². The van der Waals surface area contributed by atoms with Gasteiger partial charge in [0.2, 0.25) is 0 Å². The molecule has 1 fully saturated rings. The van der Waals surface area contributed by atoms with Crippen LogP contribution in [-0.2, 0) is 0 Å². The van der Waals surface area contributed by atoms with Crippen molar-refractivity contribution in [1.29, 1.82) is 0 Å². The fourth-order valence-corrected chi connectivity index (χ4v) is 2.59. The number of halogens is 1. The number of anilines is 1. The van der Waals surface area contributed by atoms with E-state index in [1.807, 2.05) is 13.0 Å². The Morgan fingerprint density at radius 1 is 1.38 bits per heavy atom. The largest absolute Gasteiger partial charge is 0.507 e. The molecule has 21 heavy (non-hydrogen) atoms. The molecule has 3 rings (SSSR count). The van der Waals surface area contributed by atoms with Gasteiger partial charge < -0.3 is 15.7 Å². The lowest BCUT2D eigenvalue weighted by molar-refractivity contribution is 0.477. The number of nitrogens with two attached hydrogens (primary N) is 1. The highest BCUT2D eigenvalue weighted by Crippen LogP contribution is 2.39. The third-order valence-corrected chi connectivity index (χ3v) is 3.97. The van der Waals surface area contributed by atoms with Crippen LogP contribution < -0.4 is 10.6 Å². The maximum Gasteiger partial charge on any atom is 0.165 e. The monoisotopic (exact) mass is 304 g/mol. The normalized spacial score (nSPS) is 15.8. The van der Waals surface area contributed by atoms with Gasteiger partial charge in [0.25, 0.3) is 0 Å². The number of hydrogen-bond acceptors (Lipinski definition) is 5. The maximum atomic E-state index is 9.97. The third kappa shape index (κ3) is 2.66. The molecule has 0 atom stereocenters. The summed E-state index contributed by atoms with van der Waals surface area (Å²) in [7, 11) is 0. The molecule has 1 aromatic carbocycles. The van der Waals surface area contributed by atoms with Gasteiger partial charge in [0, 0.05) is 17.8 Å². The van der Waals surface area contributed by atoms with Gasteiger partial charge in [-0.2, -0.15) is 0 Å². The Bertz CT molecular complexity index is 672. The van der Waals surface area contributed by atoms with Gasteiger partial charge in [-0.05, 0) is 44.0 Å². The maximum absolute atomic E-state index is 9.97. The van der Waals surface area contributed by atoms with E-state index < -0.39 is 0 Å². The predicted octanol–water partition coefficient (Wildman–Crippen LogP) is 2.78. The molecule has 0 radical (unpaired) electrons. The first-order valence-electron chi connectivity index (χ1n) is 6.92. The first-order chi connectivity index (χ1) is 10.0. The van der Waals surface area contributed by atoms with Crippen molar-refractivity contribution in [1.82, 2.24) is 9.97 Å². The molecule has 6 heteroatoms. The molecule has 3 N–H and O–H groups in total. The zero-order valence-corrected chi connectivity index (χ0v) is 12.5. The minimum atomic E-state index is -0.295. The van der Waals surface area contributed by atoms with Crippen molar-refractivity contribution in [3.05, 3.63) is 35.5 Å². The lowest BCUT2D eigenvalue weighted by Crippen LogP contribution is -2.45. The zero-order valence-electron chi connectivity index (χ0n) is 11.8. The zero-order chi connectivity index (χ0) is 15.0. The van der Waals surface area contributed by atoms with Crippen molar-refractivity contribution in [3.63, 3.8) is 0 Å². The Balaban J connectivity index is 2.02. The van der Waals surface area contributed by atoms with Crippen molar-refractivity contribution < 1.29 is 5.11 Å². The van der Waals surface area contributed by atoms with E-state index in [1.165, 1.54) is 6.07 Å². The van der Waals surface area contributed by atoms with Crippen molar-refractivity contribution in [3.8, 4) is 17.1 Å². The second kappa shape index (κ2) is 5.16. The molecule has 1 heterocycles. The van der Waals surface area contributed by atoms with E-state index in [4.69, 9.17) is 17.3 Å². The van der Waals surface area contributed by atoms with Gasteiger partial charge in [0.15, 0.2) is 5.82 Å². The fraction of sp³-hybridized carbons (Fsp3) is 0.333. The first-order valence-corrected chi connectivity index (χ1v) is 7.30. The highest BCUT2D eigenvalue weighted by Gasteiger charge is 2.44. The number of aromatic nitrogens is 2. The smallest absolute Gasteiger partial charge is 0.165 e. The van der Waals surface area contributed by atoms with Crippen LogP contribution in [0.15, 0.2) is 30.5 Å². The van der Waals surface area contributed by atoms with Gasteiger partial charge >= 0.3 is 0 Å². The molecule has 2 aromatic rings. The predicted molar refractivity (Wildman–Crippen MR) is 83.3 cm³/mol. The molecule has 1 aliphatic carbocycles. The number of rotatable bonds is 4. The molecule has 0 spiro atoms. The second-order valence-electron chi connectivity index (χ2n) is 5.25.